The highest BCUT2D eigenvalue weighted by Crippen LogP contribution is 2.47. The highest BCUT2D eigenvalue weighted by molar-refractivity contribution is 5.92. The van der Waals surface area contributed by atoms with E-state index in [1.54, 1.807) is 6.20 Å². The van der Waals surface area contributed by atoms with Gasteiger partial charge in [-0.2, -0.15) is 5.10 Å². The molecular formula is C23H24N4O2. The quantitative estimate of drug-likeness (QED) is 0.468. The van der Waals surface area contributed by atoms with Gasteiger partial charge in [0.05, 0.1) is 6.20 Å². The zero-order chi connectivity index (χ0) is 20.2. The van der Waals surface area contributed by atoms with Crippen LogP contribution >= 0.6 is 0 Å². The van der Waals surface area contributed by atoms with Gasteiger partial charge in [0.15, 0.2) is 5.82 Å². The molecule has 4 rings (SSSR count). The van der Waals surface area contributed by atoms with Gasteiger partial charge in [0.2, 0.25) is 5.91 Å². The van der Waals surface area contributed by atoms with Crippen LogP contribution in [0, 0.1) is 5.92 Å². The number of anilines is 1. The molecule has 0 spiro atoms. The van der Waals surface area contributed by atoms with Gasteiger partial charge in [0.25, 0.3) is 0 Å². The lowest BCUT2D eigenvalue weighted by Gasteiger charge is -2.09. The summed E-state index contributed by atoms with van der Waals surface area (Å²) in [7, 11) is 0. The van der Waals surface area contributed by atoms with Crippen molar-refractivity contribution in [1.82, 2.24) is 15.6 Å². The van der Waals surface area contributed by atoms with Gasteiger partial charge in [-0.05, 0) is 50.0 Å². The molecule has 3 aromatic rings. The molecule has 1 aromatic heterocycles. The lowest BCUT2D eigenvalue weighted by molar-refractivity contribution is -0.121. The molecule has 0 aliphatic heterocycles. The Morgan fingerprint density at radius 2 is 1.97 bits per heavy atom. The number of amides is 1. The Morgan fingerprint density at radius 1 is 1.17 bits per heavy atom. The smallest absolute Gasteiger partial charge is 0.242 e. The van der Waals surface area contributed by atoms with E-state index < -0.39 is 0 Å². The largest absolute Gasteiger partial charge is 0.490 e. The molecule has 1 aliphatic carbocycles. The van der Waals surface area contributed by atoms with E-state index in [1.807, 2.05) is 68.5 Å². The van der Waals surface area contributed by atoms with Crippen molar-refractivity contribution in [2.24, 2.45) is 5.92 Å². The number of allylic oxidation sites excluding steroid dienone is 1. The predicted octanol–water partition coefficient (Wildman–Crippen LogP) is 4.22. The van der Waals surface area contributed by atoms with Crippen molar-refractivity contribution in [2.75, 3.05) is 12.0 Å². The number of ether oxygens (including phenoxy) is 1. The second kappa shape index (κ2) is 8.31. The lowest BCUT2D eigenvalue weighted by Crippen LogP contribution is -2.31. The molecule has 148 valence electrons. The van der Waals surface area contributed by atoms with Crippen molar-refractivity contribution in [2.45, 2.75) is 26.2 Å². The molecule has 0 bridgehead atoms. The Hall–Kier alpha value is -3.41. The van der Waals surface area contributed by atoms with Crippen molar-refractivity contribution >= 4 is 22.5 Å². The monoisotopic (exact) mass is 388 g/mol. The number of carbonyl (C=O) groups excluding carboxylic acids is 1. The SMILES string of the molecule is CC(C)=CCOc1ccc(C2CC2C(=O)NNc2nncc3ccccc23)cc1. The summed E-state index contributed by atoms with van der Waals surface area (Å²) in [6.45, 7) is 4.66. The second-order valence-corrected chi connectivity index (χ2v) is 7.50. The third-order valence-electron chi connectivity index (χ3n) is 5.05. The van der Waals surface area contributed by atoms with Crippen LogP contribution in [0.15, 0.2) is 66.4 Å². The van der Waals surface area contributed by atoms with Gasteiger partial charge in [-0.1, -0.05) is 42.0 Å². The van der Waals surface area contributed by atoms with Crippen LogP contribution in [0.4, 0.5) is 5.82 Å². The molecule has 6 heteroatoms. The van der Waals surface area contributed by atoms with E-state index in [-0.39, 0.29) is 17.7 Å². The maximum Gasteiger partial charge on any atom is 0.242 e. The first-order chi connectivity index (χ1) is 14.1. The van der Waals surface area contributed by atoms with Gasteiger partial charge in [0, 0.05) is 16.7 Å². The van der Waals surface area contributed by atoms with Gasteiger partial charge in [-0.15, -0.1) is 5.10 Å². The Kier molecular flexibility index (Phi) is 5.42. The average molecular weight is 388 g/mol. The minimum absolute atomic E-state index is 0.0337. The van der Waals surface area contributed by atoms with Crippen molar-refractivity contribution in [3.8, 4) is 5.75 Å². The number of nitrogens with zero attached hydrogens (tertiary/aromatic N) is 2. The van der Waals surface area contributed by atoms with E-state index in [2.05, 4.69) is 21.0 Å². The molecular weight excluding hydrogens is 364 g/mol. The molecule has 0 radical (unpaired) electrons. The summed E-state index contributed by atoms with van der Waals surface area (Å²) in [6.07, 6.45) is 4.58. The highest BCUT2D eigenvalue weighted by Gasteiger charge is 2.44. The zero-order valence-electron chi connectivity index (χ0n) is 16.6. The number of carbonyl (C=O) groups is 1. The fourth-order valence-electron chi connectivity index (χ4n) is 3.30. The van der Waals surface area contributed by atoms with Crippen LogP contribution in [0.3, 0.4) is 0 Å². The first-order valence-electron chi connectivity index (χ1n) is 9.74. The zero-order valence-corrected chi connectivity index (χ0v) is 16.6. The fourth-order valence-corrected chi connectivity index (χ4v) is 3.30. The molecule has 2 N–H and O–H groups in total. The van der Waals surface area contributed by atoms with Crippen LogP contribution in [-0.4, -0.2) is 22.7 Å². The fraction of sp³-hybridized carbons (Fsp3) is 0.261. The second-order valence-electron chi connectivity index (χ2n) is 7.50. The van der Waals surface area contributed by atoms with E-state index in [0.29, 0.717) is 12.4 Å². The van der Waals surface area contributed by atoms with Gasteiger partial charge in [-0.25, -0.2) is 0 Å². The molecule has 1 heterocycles. The predicted molar refractivity (Wildman–Crippen MR) is 114 cm³/mol. The van der Waals surface area contributed by atoms with Gasteiger partial charge in [-0.3, -0.25) is 15.6 Å². The van der Waals surface area contributed by atoms with E-state index in [0.717, 1.165) is 28.5 Å². The van der Waals surface area contributed by atoms with Crippen LogP contribution in [-0.2, 0) is 4.79 Å². The number of hydrazine groups is 1. The molecule has 6 nitrogen and oxygen atoms in total. The van der Waals surface area contributed by atoms with Gasteiger partial charge >= 0.3 is 0 Å². The number of benzene rings is 2. The van der Waals surface area contributed by atoms with Crippen LogP contribution in [0.5, 0.6) is 5.75 Å². The molecule has 2 aromatic carbocycles. The van der Waals surface area contributed by atoms with E-state index in [9.17, 15) is 4.79 Å². The van der Waals surface area contributed by atoms with E-state index >= 15 is 0 Å². The Morgan fingerprint density at radius 3 is 2.76 bits per heavy atom. The third kappa shape index (κ3) is 4.54. The van der Waals surface area contributed by atoms with Crippen molar-refractivity contribution in [1.29, 1.82) is 0 Å². The molecule has 1 fully saturated rings. The number of hydrogen-bond donors (Lipinski definition) is 2. The minimum atomic E-state index is -0.0390. The van der Waals surface area contributed by atoms with Crippen molar-refractivity contribution in [3.05, 3.63) is 71.9 Å². The van der Waals surface area contributed by atoms with Crippen LogP contribution < -0.4 is 15.6 Å². The number of rotatable bonds is 7. The molecule has 2 unspecified atom stereocenters. The maximum atomic E-state index is 12.5. The van der Waals surface area contributed by atoms with Crippen LogP contribution in [0.25, 0.3) is 10.8 Å². The molecule has 1 amide bonds. The summed E-state index contributed by atoms with van der Waals surface area (Å²) in [6, 6.07) is 15.8. The first-order valence-corrected chi connectivity index (χ1v) is 9.74. The first kappa shape index (κ1) is 18.9. The molecule has 0 saturated heterocycles. The molecule has 2 atom stereocenters. The summed E-state index contributed by atoms with van der Waals surface area (Å²) < 4.78 is 5.69. The topological polar surface area (TPSA) is 76.1 Å². The summed E-state index contributed by atoms with van der Waals surface area (Å²) in [5.41, 5.74) is 8.09. The highest BCUT2D eigenvalue weighted by atomic mass is 16.5. The number of nitrogens with one attached hydrogen (secondary N) is 2. The summed E-state index contributed by atoms with van der Waals surface area (Å²) in [5, 5.41) is 9.94. The summed E-state index contributed by atoms with van der Waals surface area (Å²) >= 11 is 0. The molecule has 1 saturated carbocycles. The van der Waals surface area contributed by atoms with Gasteiger partial charge in [0.1, 0.15) is 12.4 Å². The average Bonchev–Trinajstić information content (AvgIpc) is 3.53. The van der Waals surface area contributed by atoms with E-state index in [4.69, 9.17) is 4.74 Å². The summed E-state index contributed by atoms with van der Waals surface area (Å²) in [4.78, 5) is 12.5. The molecule has 1 aliphatic rings. The standard InChI is InChI=1S/C23H24N4O2/c1-15(2)11-12-29-18-9-7-16(8-10-18)20-13-21(20)23(28)27-26-22-19-6-4-3-5-17(19)14-24-25-22/h3-11,14,20-21H,12-13H2,1-2H3,(H,25,26)(H,27,28). The lowest BCUT2D eigenvalue weighted by atomic mass is 10.1. The van der Waals surface area contributed by atoms with Crippen LogP contribution in [0.2, 0.25) is 0 Å². The number of hydrogen-bond acceptors (Lipinski definition) is 5. The normalized spacial score (nSPS) is 17.4. The maximum absolute atomic E-state index is 12.5. The van der Waals surface area contributed by atoms with Crippen molar-refractivity contribution in [3.63, 3.8) is 0 Å². The molecule has 29 heavy (non-hydrogen) atoms. The van der Waals surface area contributed by atoms with Crippen LogP contribution in [0.1, 0.15) is 31.7 Å². The number of aromatic nitrogens is 2. The Bertz CT molecular complexity index is 1040. The number of fused-ring (bicyclic) bond motifs is 1. The minimum Gasteiger partial charge on any atom is -0.490 e. The third-order valence-corrected chi connectivity index (χ3v) is 5.05. The Balaban J connectivity index is 1.32. The van der Waals surface area contributed by atoms with Crippen molar-refractivity contribution < 1.29 is 9.53 Å². The van der Waals surface area contributed by atoms with E-state index in [1.165, 1.54) is 5.57 Å². The van der Waals surface area contributed by atoms with Gasteiger partial charge < -0.3 is 4.74 Å². The summed E-state index contributed by atoms with van der Waals surface area (Å²) in [5.74, 6) is 1.55. The Labute approximate surface area is 170 Å².